The molecule has 0 atom stereocenters. The molecule has 9 heteroatoms. The van der Waals surface area contributed by atoms with Crippen molar-refractivity contribution in [1.29, 1.82) is 0 Å². The number of hydrogen-bond donors (Lipinski definition) is 1. The summed E-state index contributed by atoms with van der Waals surface area (Å²) in [6.45, 7) is 3.44. The maximum atomic E-state index is 11.6. The summed E-state index contributed by atoms with van der Waals surface area (Å²) in [6, 6.07) is 6.02. The lowest BCUT2D eigenvalue weighted by atomic mass is 10.1. The maximum Gasteiger partial charge on any atom is 0.433 e. The van der Waals surface area contributed by atoms with E-state index < -0.39 is 16.7 Å². The molecule has 1 amide bonds. The first kappa shape index (κ1) is 17.5. The summed E-state index contributed by atoms with van der Waals surface area (Å²) in [6.07, 6.45) is 1.15. The number of nitrogens with one attached hydrogen (secondary N) is 1. The van der Waals surface area contributed by atoms with E-state index in [4.69, 9.17) is 20.8 Å². The quantitative estimate of drug-likeness (QED) is 0.489. The lowest BCUT2D eigenvalue weighted by Crippen LogP contribution is -2.24. The minimum atomic E-state index is -0.667. The number of furan rings is 1. The number of rotatable bonds is 6. The molecule has 0 aliphatic carbocycles. The van der Waals surface area contributed by atoms with Crippen molar-refractivity contribution in [3.63, 3.8) is 0 Å². The first-order valence-electron chi connectivity index (χ1n) is 6.82. The fourth-order valence-corrected chi connectivity index (χ4v) is 1.96. The molecular formula is C15H14ClN3O5. The molecule has 2 aromatic rings. The number of nitrogens with zero attached hydrogens (tertiary/aromatic N) is 2. The van der Waals surface area contributed by atoms with Gasteiger partial charge in [0.15, 0.2) is 12.4 Å². The second-order valence-electron chi connectivity index (χ2n) is 4.89. The third-order valence-corrected chi connectivity index (χ3v) is 3.55. The fourth-order valence-electron chi connectivity index (χ4n) is 1.85. The monoisotopic (exact) mass is 351 g/mol. The van der Waals surface area contributed by atoms with Crippen LogP contribution < -0.4 is 10.2 Å². The summed E-state index contributed by atoms with van der Waals surface area (Å²) in [4.78, 5) is 21.4. The van der Waals surface area contributed by atoms with Crippen LogP contribution in [-0.2, 0) is 4.79 Å². The molecule has 0 saturated heterocycles. The molecule has 2 rings (SSSR count). The van der Waals surface area contributed by atoms with E-state index in [0.29, 0.717) is 10.8 Å². The van der Waals surface area contributed by atoms with Gasteiger partial charge in [0.2, 0.25) is 0 Å². The summed E-state index contributed by atoms with van der Waals surface area (Å²) in [5, 5.41) is 14.7. The van der Waals surface area contributed by atoms with Gasteiger partial charge in [0, 0.05) is 5.02 Å². The van der Waals surface area contributed by atoms with Crippen LogP contribution in [0.5, 0.6) is 5.75 Å². The van der Waals surface area contributed by atoms with Gasteiger partial charge in [-0.05, 0) is 43.2 Å². The van der Waals surface area contributed by atoms with Gasteiger partial charge in [-0.15, -0.1) is 0 Å². The maximum absolute atomic E-state index is 11.6. The van der Waals surface area contributed by atoms with E-state index in [1.165, 1.54) is 12.1 Å². The van der Waals surface area contributed by atoms with Gasteiger partial charge >= 0.3 is 5.88 Å². The number of hydrogen-bond acceptors (Lipinski definition) is 6. The Balaban J connectivity index is 1.85. The first-order valence-corrected chi connectivity index (χ1v) is 7.20. The van der Waals surface area contributed by atoms with E-state index in [0.717, 1.165) is 17.3 Å². The number of ether oxygens (including phenoxy) is 1. The number of nitro groups is 1. The SMILES string of the molecule is Cc1cc(OCC(=O)NN=Cc2ccc([N+](=O)[O-])o2)cc(C)c1Cl. The Kier molecular flexibility index (Phi) is 5.54. The number of carbonyl (C=O) groups is 1. The highest BCUT2D eigenvalue weighted by Crippen LogP contribution is 2.25. The van der Waals surface area contributed by atoms with Crippen molar-refractivity contribution >= 4 is 29.6 Å². The van der Waals surface area contributed by atoms with Crippen LogP contribution in [0.2, 0.25) is 5.02 Å². The van der Waals surface area contributed by atoms with E-state index >= 15 is 0 Å². The van der Waals surface area contributed by atoms with Gasteiger partial charge in [0.1, 0.15) is 10.7 Å². The van der Waals surface area contributed by atoms with Gasteiger partial charge in [-0.3, -0.25) is 14.9 Å². The molecule has 24 heavy (non-hydrogen) atoms. The van der Waals surface area contributed by atoms with Crippen molar-refractivity contribution < 1.29 is 18.9 Å². The van der Waals surface area contributed by atoms with Gasteiger partial charge in [-0.1, -0.05) is 11.6 Å². The molecule has 0 fully saturated rings. The molecule has 0 spiro atoms. The molecule has 0 bridgehead atoms. The van der Waals surface area contributed by atoms with Crippen molar-refractivity contribution in [2.24, 2.45) is 5.10 Å². The topological polar surface area (TPSA) is 107 Å². The highest BCUT2D eigenvalue weighted by Gasteiger charge is 2.10. The molecule has 126 valence electrons. The molecule has 1 N–H and O–H groups in total. The van der Waals surface area contributed by atoms with Crippen LogP contribution in [0.15, 0.2) is 33.8 Å². The van der Waals surface area contributed by atoms with Gasteiger partial charge in [0.05, 0.1) is 12.3 Å². The molecule has 0 aliphatic heterocycles. The Hall–Kier alpha value is -2.87. The Bertz CT molecular complexity index is 777. The van der Waals surface area contributed by atoms with Crippen molar-refractivity contribution in [2.45, 2.75) is 13.8 Å². The van der Waals surface area contributed by atoms with Crippen molar-refractivity contribution in [3.8, 4) is 5.75 Å². The predicted molar refractivity (Wildman–Crippen MR) is 87.5 cm³/mol. The molecule has 0 unspecified atom stereocenters. The number of benzene rings is 1. The highest BCUT2D eigenvalue weighted by atomic mass is 35.5. The van der Waals surface area contributed by atoms with Crippen LogP contribution in [-0.4, -0.2) is 23.7 Å². The second kappa shape index (κ2) is 7.60. The largest absolute Gasteiger partial charge is 0.484 e. The lowest BCUT2D eigenvalue weighted by molar-refractivity contribution is -0.402. The zero-order valence-electron chi connectivity index (χ0n) is 12.9. The van der Waals surface area contributed by atoms with Crippen LogP contribution in [0.3, 0.4) is 0 Å². The van der Waals surface area contributed by atoms with Crippen molar-refractivity contribution in [3.05, 3.63) is 56.3 Å². The number of amides is 1. The van der Waals surface area contributed by atoms with Gasteiger partial charge < -0.3 is 9.15 Å². The van der Waals surface area contributed by atoms with Crippen LogP contribution >= 0.6 is 11.6 Å². The minimum absolute atomic E-state index is 0.145. The summed E-state index contributed by atoms with van der Waals surface area (Å²) in [5.74, 6) is -0.223. The summed E-state index contributed by atoms with van der Waals surface area (Å²) < 4.78 is 10.2. The fraction of sp³-hybridized carbons (Fsp3) is 0.200. The summed E-state index contributed by atoms with van der Waals surface area (Å²) >= 11 is 6.06. The Morgan fingerprint density at radius 1 is 1.42 bits per heavy atom. The zero-order valence-corrected chi connectivity index (χ0v) is 13.7. The molecular weight excluding hydrogens is 338 g/mol. The van der Waals surface area contributed by atoms with E-state index in [1.54, 1.807) is 12.1 Å². The van der Waals surface area contributed by atoms with E-state index in [2.05, 4.69) is 10.5 Å². The van der Waals surface area contributed by atoms with Crippen LogP contribution in [0.25, 0.3) is 0 Å². The summed E-state index contributed by atoms with van der Waals surface area (Å²) in [5.41, 5.74) is 3.93. The lowest BCUT2D eigenvalue weighted by Gasteiger charge is -2.09. The first-order chi connectivity index (χ1) is 11.4. The van der Waals surface area contributed by atoms with Crippen molar-refractivity contribution in [2.75, 3.05) is 6.61 Å². The molecule has 0 aliphatic rings. The minimum Gasteiger partial charge on any atom is -0.484 e. The van der Waals surface area contributed by atoms with E-state index in [1.807, 2.05) is 13.8 Å². The Morgan fingerprint density at radius 2 is 2.08 bits per heavy atom. The number of carbonyl (C=O) groups excluding carboxylic acids is 1. The van der Waals surface area contributed by atoms with Gasteiger partial charge in [-0.25, -0.2) is 5.43 Å². The predicted octanol–water partition coefficient (Wildman–Crippen LogP) is 2.99. The van der Waals surface area contributed by atoms with Crippen LogP contribution in [0.1, 0.15) is 16.9 Å². The van der Waals surface area contributed by atoms with E-state index in [-0.39, 0.29) is 12.4 Å². The van der Waals surface area contributed by atoms with Gasteiger partial charge in [0.25, 0.3) is 5.91 Å². The Labute approximate surface area is 142 Å². The normalized spacial score (nSPS) is 10.8. The number of hydrazone groups is 1. The van der Waals surface area contributed by atoms with Gasteiger partial charge in [-0.2, -0.15) is 5.10 Å². The second-order valence-corrected chi connectivity index (χ2v) is 5.26. The highest BCUT2D eigenvalue weighted by molar-refractivity contribution is 6.32. The molecule has 8 nitrogen and oxygen atoms in total. The average Bonchev–Trinajstić information content (AvgIpc) is 2.99. The molecule has 1 heterocycles. The van der Waals surface area contributed by atoms with E-state index in [9.17, 15) is 14.9 Å². The van der Waals surface area contributed by atoms with Crippen molar-refractivity contribution in [1.82, 2.24) is 5.43 Å². The molecule has 0 radical (unpaired) electrons. The molecule has 0 saturated carbocycles. The number of aryl methyl sites for hydroxylation is 2. The standard InChI is InChI=1S/C15H14ClN3O5/c1-9-5-12(6-10(2)15(9)16)23-8-13(20)18-17-7-11-3-4-14(24-11)19(21)22/h3-7H,8H2,1-2H3,(H,18,20). The smallest absolute Gasteiger partial charge is 0.433 e. The number of halogens is 1. The Morgan fingerprint density at radius 3 is 2.67 bits per heavy atom. The van der Waals surface area contributed by atoms with Crippen LogP contribution in [0.4, 0.5) is 5.88 Å². The third-order valence-electron chi connectivity index (χ3n) is 2.95. The molecule has 1 aromatic carbocycles. The molecule has 1 aromatic heterocycles. The summed E-state index contributed by atoms with van der Waals surface area (Å²) in [7, 11) is 0. The van der Waals surface area contributed by atoms with Crippen LogP contribution in [0, 0.1) is 24.0 Å². The average molecular weight is 352 g/mol. The zero-order chi connectivity index (χ0) is 17.7. The third kappa shape index (κ3) is 4.56.